The number of nitrogens with zero attached hydrogens (tertiary/aromatic N) is 2. The Kier molecular flexibility index (Phi) is 4.54. The van der Waals surface area contributed by atoms with Crippen LogP contribution < -0.4 is 0 Å². The lowest BCUT2D eigenvalue weighted by atomic mass is 10.0. The molecule has 0 radical (unpaired) electrons. The largest absolute Gasteiger partial charge is 0.465 e. The second-order valence-electron chi connectivity index (χ2n) is 4.94. The van der Waals surface area contributed by atoms with Crippen LogP contribution in [0.1, 0.15) is 16.4 Å². The number of hydrogen-bond donors (Lipinski definition) is 1. The molecule has 1 atom stereocenters. The van der Waals surface area contributed by atoms with Gasteiger partial charge in [0.15, 0.2) is 0 Å². The van der Waals surface area contributed by atoms with Crippen molar-refractivity contribution in [3.8, 4) is 0 Å². The summed E-state index contributed by atoms with van der Waals surface area (Å²) in [4.78, 5) is 26.1. The van der Waals surface area contributed by atoms with Crippen LogP contribution in [-0.2, 0) is 6.42 Å². The van der Waals surface area contributed by atoms with E-state index in [1.54, 1.807) is 14.1 Å². The quantitative estimate of drug-likeness (QED) is 0.865. The SMILES string of the molecule is CN(C)C(=O)SC1CN(C(=O)O)CCc2ccccc21. The molecule has 0 saturated heterocycles. The van der Waals surface area contributed by atoms with Crippen LogP contribution in [0.5, 0.6) is 0 Å². The fourth-order valence-corrected chi connectivity index (χ4v) is 3.29. The molecule has 20 heavy (non-hydrogen) atoms. The molecule has 5 nitrogen and oxygen atoms in total. The number of hydrogen-bond acceptors (Lipinski definition) is 3. The number of rotatable bonds is 1. The molecular formula is C14H18N2O3S. The lowest BCUT2D eigenvalue weighted by Crippen LogP contribution is -2.33. The first kappa shape index (κ1) is 14.7. The molecule has 0 bridgehead atoms. The minimum atomic E-state index is -0.930. The molecule has 1 aromatic carbocycles. The topological polar surface area (TPSA) is 60.9 Å². The summed E-state index contributed by atoms with van der Waals surface area (Å²) in [6, 6.07) is 7.88. The van der Waals surface area contributed by atoms with E-state index in [2.05, 4.69) is 0 Å². The highest BCUT2D eigenvalue weighted by atomic mass is 32.2. The molecule has 6 heteroatoms. The van der Waals surface area contributed by atoms with Gasteiger partial charge in [-0.1, -0.05) is 36.0 Å². The van der Waals surface area contributed by atoms with Gasteiger partial charge in [-0.15, -0.1) is 0 Å². The van der Waals surface area contributed by atoms with Crippen molar-refractivity contribution < 1.29 is 14.7 Å². The number of carboxylic acid groups (broad SMARTS) is 1. The minimum Gasteiger partial charge on any atom is -0.465 e. The summed E-state index contributed by atoms with van der Waals surface area (Å²) >= 11 is 1.19. The Bertz CT molecular complexity index is 519. The molecule has 0 aliphatic carbocycles. The summed E-state index contributed by atoms with van der Waals surface area (Å²) in [6.07, 6.45) is -0.240. The summed E-state index contributed by atoms with van der Waals surface area (Å²) in [5.74, 6) is 0. The molecule has 1 aliphatic rings. The number of carbonyl (C=O) groups excluding carboxylic acids is 1. The number of benzene rings is 1. The normalized spacial score (nSPS) is 18.1. The molecule has 108 valence electrons. The van der Waals surface area contributed by atoms with Crippen LogP contribution >= 0.6 is 11.8 Å². The average molecular weight is 294 g/mol. The predicted molar refractivity (Wildman–Crippen MR) is 79.2 cm³/mol. The van der Waals surface area contributed by atoms with Crippen LogP contribution in [0.4, 0.5) is 9.59 Å². The summed E-state index contributed by atoms with van der Waals surface area (Å²) in [5.41, 5.74) is 2.19. The Balaban J connectivity index is 2.28. The number of amides is 2. The van der Waals surface area contributed by atoms with E-state index in [-0.39, 0.29) is 10.5 Å². The summed E-state index contributed by atoms with van der Waals surface area (Å²) < 4.78 is 0. The molecule has 2 rings (SSSR count). The van der Waals surface area contributed by atoms with Crippen LogP contribution in [-0.4, -0.2) is 53.4 Å². The van der Waals surface area contributed by atoms with E-state index >= 15 is 0 Å². The third-order valence-corrected chi connectivity index (χ3v) is 4.57. The highest BCUT2D eigenvalue weighted by Crippen LogP contribution is 2.35. The van der Waals surface area contributed by atoms with Crippen molar-refractivity contribution >= 4 is 23.1 Å². The van der Waals surface area contributed by atoms with Crippen LogP contribution in [0.2, 0.25) is 0 Å². The third kappa shape index (κ3) is 3.25. The van der Waals surface area contributed by atoms with Gasteiger partial charge in [0.1, 0.15) is 0 Å². The van der Waals surface area contributed by atoms with Gasteiger partial charge in [-0.25, -0.2) is 4.79 Å². The highest BCUT2D eigenvalue weighted by molar-refractivity contribution is 8.13. The number of fused-ring (bicyclic) bond motifs is 1. The van der Waals surface area contributed by atoms with Crippen molar-refractivity contribution in [2.45, 2.75) is 11.7 Å². The summed E-state index contributed by atoms with van der Waals surface area (Å²) in [7, 11) is 3.40. The van der Waals surface area contributed by atoms with Crippen LogP contribution in [0.15, 0.2) is 24.3 Å². The Hall–Kier alpha value is -1.69. The maximum atomic E-state index is 11.9. The minimum absolute atomic E-state index is 0.0583. The molecule has 0 fully saturated rings. The molecule has 1 heterocycles. The van der Waals surface area contributed by atoms with E-state index in [9.17, 15) is 14.7 Å². The van der Waals surface area contributed by atoms with E-state index < -0.39 is 6.09 Å². The van der Waals surface area contributed by atoms with Gasteiger partial charge in [0.25, 0.3) is 5.24 Å². The smallest absolute Gasteiger partial charge is 0.407 e. The van der Waals surface area contributed by atoms with Crippen molar-refractivity contribution in [2.24, 2.45) is 0 Å². The summed E-state index contributed by atoms with van der Waals surface area (Å²) in [5, 5.41) is 9.01. The Morgan fingerprint density at radius 3 is 2.70 bits per heavy atom. The monoisotopic (exact) mass is 294 g/mol. The van der Waals surface area contributed by atoms with E-state index in [0.29, 0.717) is 19.5 Å². The van der Waals surface area contributed by atoms with E-state index in [4.69, 9.17) is 0 Å². The van der Waals surface area contributed by atoms with Gasteiger partial charge in [-0.2, -0.15) is 0 Å². The van der Waals surface area contributed by atoms with Crippen molar-refractivity contribution in [1.29, 1.82) is 0 Å². The van der Waals surface area contributed by atoms with Gasteiger partial charge in [0, 0.05) is 27.2 Å². The van der Waals surface area contributed by atoms with Gasteiger partial charge in [-0.05, 0) is 17.5 Å². The highest BCUT2D eigenvalue weighted by Gasteiger charge is 2.28. The molecule has 1 N–H and O–H groups in total. The Morgan fingerprint density at radius 1 is 1.35 bits per heavy atom. The van der Waals surface area contributed by atoms with Crippen molar-refractivity contribution in [1.82, 2.24) is 9.80 Å². The van der Waals surface area contributed by atoms with E-state index in [1.165, 1.54) is 21.6 Å². The van der Waals surface area contributed by atoms with Gasteiger partial charge in [0.05, 0.1) is 5.25 Å². The van der Waals surface area contributed by atoms with Gasteiger partial charge < -0.3 is 14.9 Å². The molecule has 1 aliphatic heterocycles. The van der Waals surface area contributed by atoms with Crippen molar-refractivity contribution in [3.05, 3.63) is 35.4 Å². The van der Waals surface area contributed by atoms with Crippen molar-refractivity contribution in [2.75, 3.05) is 27.2 Å². The fourth-order valence-electron chi connectivity index (χ4n) is 2.22. The predicted octanol–water partition coefficient (Wildman–Crippen LogP) is 2.68. The van der Waals surface area contributed by atoms with Gasteiger partial charge >= 0.3 is 6.09 Å². The maximum absolute atomic E-state index is 11.9. The molecule has 0 spiro atoms. The van der Waals surface area contributed by atoms with Crippen LogP contribution in [0.25, 0.3) is 0 Å². The molecule has 1 unspecified atom stereocenters. The zero-order chi connectivity index (χ0) is 14.7. The molecule has 0 saturated carbocycles. The van der Waals surface area contributed by atoms with Crippen LogP contribution in [0.3, 0.4) is 0 Å². The first-order valence-electron chi connectivity index (χ1n) is 6.42. The molecule has 0 aromatic heterocycles. The van der Waals surface area contributed by atoms with E-state index in [0.717, 1.165) is 11.1 Å². The second-order valence-corrected chi connectivity index (χ2v) is 6.10. The zero-order valence-corrected chi connectivity index (χ0v) is 12.4. The summed E-state index contributed by atoms with van der Waals surface area (Å²) in [6.45, 7) is 0.816. The molecule has 2 amide bonds. The first-order valence-corrected chi connectivity index (χ1v) is 7.30. The fraction of sp³-hybridized carbons (Fsp3) is 0.429. The standard InChI is InChI=1S/C14H18N2O3S/c1-15(2)14(19)20-12-9-16(13(17)18)8-7-10-5-3-4-6-11(10)12/h3-6,12H,7-9H2,1-2H3,(H,17,18). The first-order chi connectivity index (χ1) is 9.49. The average Bonchev–Trinajstić information content (AvgIpc) is 2.59. The number of thioether (sulfide) groups is 1. The number of carbonyl (C=O) groups is 2. The van der Waals surface area contributed by atoms with Gasteiger partial charge in [0.2, 0.25) is 0 Å². The lowest BCUT2D eigenvalue weighted by molar-refractivity contribution is 0.147. The Labute approximate surface area is 122 Å². The van der Waals surface area contributed by atoms with Crippen LogP contribution in [0, 0.1) is 0 Å². The van der Waals surface area contributed by atoms with E-state index in [1.807, 2.05) is 24.3 Å². The lowest BCUT2D eigenvalue weighted by Gasteiger charge is -2.22. The Morgan fingerprint density at radius 2 is 2.05 bits per heavy atom. The third-order valence-electron chi connectivity index (χ3n) is 3.32. The van der Waals surface area contributed by atoms with Gasteiger partial charge in [-0.3, -0.25) is 4.79 Å². The maximum Gasteiger partial charge on any atom is 0.407 e. The van der Waals surface area contributed by atoms with Crippen molar-refractivity contribution in [3.63, 3.8) is 0 Å². The molecular weight excluding hydrogens is 276 g/mol. The zero-order valence-electron chi connectivity index (χ0n) is 11.6. The molecule has 1 aromatic rings. The second kappa shape index (κ2) is 6.17.